The summed E-state index contributed by atoms with van der Waals surface area (Å²) in [4.78, 5) is 24.4. The number of rotatable bonds is 6. The number of para-hydroxylation sites is 1. The van der Waals surface area contributed by atoms with Crippen molar-refractivity contribution in [1.29, 1.82) is 0 Å². The number of carbonyl (C=O) groups is 2. The van der Waals surface area contributed by atoms with E-state index in [1.54, 1.807) is 18.2 Å². The third kappa shape index (κ3) is 3.36. The maximum atomic E-state index is 11.5. The van der Waals surface area contributed by atoms with Gasteiger partial charge in [0, 0.05) is 6.54 Å². The molecular formula is C15H19NO4. The molecular weight excluding hydrogens is 258 g/mol. The van der Waals surface area contributed by atoms with Crippen molar-refractivity contribution < 1.29 is 19.4 Å². The van der Waals surface area contributed by atoms with Crippen LogP contribution in [0.4, 0.5) is 0 Å². The SMILES string of the molecule is CC(=O)c1ccccc1OCCN1CCC[C@H]1C(=O)O. The number of ketones is 1. The zero-order valence-electron chi connectivity index (χ0n) is 11.5. The number of hydrogen-bond acceptors (Lipinski definition) is 4. The lowest BCUT2D eigenvalue weighted by Crippen LogP contribution is -2.38. The van der Waals surface area contributed by atoms with Crippen molar-refractivity contribution in [2.75, 3.05) is 19.7 Å². The van der Waals surface area contributed by atoms with Crippen LogP contribution in [0, 0.1) is 0 Å². The first kappa shape index (κ1) is 14.5. The van der Waals surface area contributed by atoms with E-state index in [-0.39, 0.29) is 5.78 Å². The summed E-state index contributed by atoms with van der Waals surface area (Å²) in [5, 5.41) is 9.09. The Morgan fingerprint density at radius 1 is 1.40 bits per heavy atom. The summed E-state index contributed by atoms with van der Waals surface area (Å²) < 4.78 is 5.63. The summed E-state index contributed by atoms with van der Waals surface area (Å²) in [6.07, 6.45) is 1.60. The molecule has 5 heteroatoms. The number of carboxylic acid groups (broad SMARTS) is 1. The summed E-state index contributed by atoms with van der Waals surface area (Å²) in [5.74, 6) is -0.247. The van der Waals surface area contributed by atoms with Crippen LogP contribution >= 0.6 is 0 Å². The van der Waals surface area contributed by atoms with Gasteiger partial charge in [-0.25, -0.2) is 0 Å². The van der Waals surface area contributed by atoms with Crippen molar-refractivity contribution in [2.24, 2.45) is 0 Å². The maximum Gasteiger partial charge on any atom is 0.320 e. The Balaban J connectivity index is 1.90. The number of Topliss-reactive ketones (excluding diaryl/α,β-unsaturated/α-hetero) is 1. The second-order valence-electron chi connectivity index (χ2n) is 4.93. The Hall–Kier alpha value is -1.88. The molecule has 1 fully saturated rings. The first-order valence-corrected chi connectivity index (χ1v) is 6.79. The van der Waals surface area contributed by atoms with Crippen LogP contribution < -0.4 is 4.74 Å². The molecule has 108 valence electrons. The average Bonchev–Trinajstić information content (AvgIpc) is 2.87. The summed E-state index contributed by atoms with van der Waals surface area (Å²) >= 11 is 0. The third-order valence-corrected chi connectivity index (χ3v) is 3.55. The molecule has 2 rings (SSSR count). The largest absolute Gasteiger partial charge is 0.491 e. The quantitative estimate of drug-likeness (QED) is 0.803. The van der Waals surface area contributed by atoms with E-state index in [4.69, 9.17) is 9.84 Å². The number of nitrogens with zero attached hydrogens (tertiary/aromatic N) is 1. The van der Waals surface area contributed by atoms with Crippen molar-refractivity contribution in [3.8, 4) is 5.75 Å². The molecule has 20 heavy (non-hydrogen) atoms. The van der Waals surface area contributed by atoms with E-state index in [9.17, 15) is 9.59 Å². The van der Waals surface area contributed by atoms with Gasteiger partial charge in [0.25, 0.3) is 0 Å². The zero-order chi connectivity index (χ0) is 14.5. The van der Waals surface area contributed by atoms with Crippen LogP contribution in [0.25, 0.3) is 0 Å². The summed E-state index contributed by atoms with van der Waals surface area (Å²) in [5.41, 5.74) is 0.559. The molecule has 0 aromatic heterocycles. The minimum atomic E-state index is -0.772. The number of carbonyl (C=O) groups excluding carboxylic acids is 1. The molecule has 5 nitrogen and oxygen atoms in total. The van der Waals surface area contributed by atoms with E-state index in [0.717, 1.165) is 13.0 Å². The molecule has 1 N–H and O–H groups in total. The van der Waals surface area contributed by atoms with Gasteiger partial charge in [-0.15, -0.1) is 0 Å². The Morgan fingerprint density at radius 2 is 2.15 bits per heavy atom. The fraction of sp³-hybridized carbons (Fsp3) is 0.467. The highest BCUT2D eigenvalue weighted by Gasteiger charge is 2.29. The van der Waals surface area contributed by atoms with E-state index in [0.29, 0.717) is 30.9 Å². The first-order chi connectivity index (χ1) is 9.59. The van der Waals surface area contributed by atoms with Gasteiger partial charge in [-0.1, -0.05) is 12.1 Å². The van der Waals surface area contributed by atoms with Crippen molar-refractivity contribution >= 4 is 11.8 Å². The van der Waals surface area contributed by atoms with Gasteiger partial charge in [0.15, 0.2) is 5.78 Å². The predicted molar refractivity (Wildman–Crippen MR) is 74.2 cm³/mol. The Labute approximate surface area is 118 Å². The number of likely N-dealkylation sites (tertiary alicyclic amines) is 1. The number of carboxylic acids is 1. The lowest BCUT2D eigenvalue weighted by Gasteiger charge is -2.21. The van der Waals surface area contributed by atoms with Crippen LogP contribution in [0.1, 0.15) is 30.1 Å². The molecule has 1 aromatic carbocycles. The van der Waals surface area contributed by atoms with Crippen LogP contribution in [0.15, 0.2) is 24.3 Å². The Kier molecular flexibility index (Phi) is 4.74. The standard InChI is InChI=1S/C15H19NO4/c1-11(17)12-5-2-3-7-14(12)20-10-9-16-8-4-6-13(16)15(18)19/h2-3,5,7,13H,4,6,8-10H2,1H3,(H,18,19)/t13-/m0/s1. The van der Waals surface area contributed by atoms with Gasteiger partial charge in [0.05, 0.1) is 5.56 Å². The number of benzene rings is 1. The number of aliphatic carboxylic acids is 1. The molecule has 1 aliphatic heterocycles. The van der Waals surface area contributed by atoms with Crippen LogP contribution in [-0.4, -0.2) is 47.5 Å². The fourth-order valence-corrected chi connectivity index (χ4v) is 2.53. The molecule has 1 heterocycles. The monoisotopic (exact) mass is 277 g/mol. The van der Waals surface area contributed by atoms with E-state index < -0.39 is 12.0 Å². The lowest BCUT2D eigenvalue weighted by molar-refractivity contribution is -0.142. The average molecular weight is 277 g/mol. The van der Waals surface area contributed by atoms with Gasteiger partial charge in [0.2, 0.25) is 0 Å². The summed E-state index contributed by atoms with van der Waals surface area (Å²) in [6, 6.07) is 6.70. The Bertz CT molecular complexity index is 500. The van der Waals surface area contributed by atoms with Crippen molar-refractivity contribution in [3.63, 3.8) is 0 Å². The molecule has 0 spiro atoms. The Morgan fingerprint density at radius 3 is 2.85 bits per heavy atom. The van der Waals surface area contributed by atoms with Gasteiger partial charge in [0.1, 0.15) is 18.4 Å². The lowest BCUT2D eigenvalue weighted by atomic mass is 10.1. The predicted octanol–water partition coefficient (Wildman–Crippen LogP) is 1.82. The summed E-state index contributed by atoms with van der Waals surface area (Å²) in [7, 11) is 0. The van der Waals surface area contributed by atoms with Crippen LogP contribution in [0.3, 0.4) is 0 Å². The molecule has 0 amide bonds. The van der Waals surface area contributed by atoms with Crippen LogP contribution in [-0.2, 0) is 4.79 Å². The minimum absolute atomic E-state index is 0.0369. The number of ether oxygens (including phenoxy) is 1. The van der Waals surface area contributed by atoms with Crippen LogP contribution in [0.5, 0.6) is 5.75 Å². The van der Waals surface area contributed by atoms with Gasteiger partial charge in [-0.3, -0.25) is 14.5 Å². The minimum Gasteiger partial charge on any atom is -0.491 e. The second kappa shape index (κ2) is 6.52. The van der Waals surface area contributed by atoms with E-state index in [2.05, 4.69) is 0 Å². The van der Waals surface area contributed by atoms with Crippen molar-refractivity contribution in [3.05, 3.63) is 29.8 Å². The topological polar surface area (TPSA) is 66.8 Å². The smallest absolute Gasteiger partial charge is 0.320 e. The van der Waals surface area contributed by atoms with Crippen molar-refractivity contribution in [2.45, 2.75) is 25.8 Å². The van der Waals surface area contributed by atoms with Crippen LogP contribution in [0.2, 0.25) is 0 Å². The van der Waals surface area contributed by atoms with Gasteiger partial charge in [-0.2, -0.15) is 0 Å². The highest BCUT2D eigenvalue weighted by Crippen LogP contribution is 2.20. The second-order valence-corrected chi connectivity index (χ2v) is 4.93. The molecule has 0 saturated carbocycles. The highest BCUT2D eigenvalue weighted by molar-refractivity contribution is 5.96. The molecule has 0 radical (unpaired) electrons. The molecule has 1 aromatic rings. The maximum absolute atomic E-state index is 11.5. The normalized spacial score (nSPS) is 18.9. The molecule has 0 bridgehead atoms. The van der Waals surface area contributed by atoms with E-state index in [1.165, 1.54) is 6.92 Å². The number of hydrogen-bond donors (Lipinski definition) is 1. The van der Waals surface area contributed by atoms with Gasteiger partial charge >= 0.3 is 5.97 Å². The molecule has 1 aliphatic rings. The first-order valence-electron chi connectivity index (χ1n) is 6.79. The molecule has 1 atom stereocenters. The van der Waals surface area contributed by atoms with E-state index in [1.807, 2.05) is 11.0 Å². The zero-order valence-corrected chi connectivity index (χ0v) is 11.5. The molecule has 0 aliphatic carbocycles. The molecule has 1 saturated heterocycles. The highest BCUT2D eigenvalue weighted by atomic mass is 16.5. The van der Waals surface area contributed by atoms with Gasteiger partial charge < -0.3 is 9.84 Å². The molecule has 0 unspecified atom stereocenters. The van der Waals surface area contributed by atoms with E-state index >= 15 is 0 Å². The summed E-state index contributed by atoms with van der Waals surface area (Å²) in [6.45, 7) is 3.23. The third-order valence-electron chi connectivity index (χ3n) is 3.55. The van der Waals surface area contributed by atoms with Gasteiger partial charge in [-0.05, 0) is 38.4 Å². The van der Waals surface area contributed by atoms with Crippen molar-refractivity contribution in [1.82, 2.24) is 4.90 Å². The fourth-order valence-electron chi connectivity index (χ4n) is 2.53.